The van der Waals surface area contributed by atoms with E-state index in [0.717, 1.165) is 41.4 Å². The van der Waals surface area contributed by atoms with E-state index in [9.17, 15) is 9.18 Å². The summed E-state index contributed by atoms with van der Waals surface area (Å²) in [7, 11) is 1.49. The van der Waals surface area contributed by atoms with Gasteiger partial charge < -0.3 is 20.5 Å². The number of aliphatic hydroxyl groups excluding tert-OH is 1. The predicted octanol–water partition coefficient (Wildman–Crippen LogP) is 1.83. The fraction of sp³-hybridized carbons (Fsp3) is 0.542. The monoisotopic (exact) mass is 513 g/mol. The topological polar surface area (TPSA) is 135 Å². The van der Waals surface area contributed by atoms with Crippen LogP contribution in [0, 0.1) is 5.82 Å². The number of halogens is 1. The number of hydrogen-bond donors (Lipinski definition) is 3. The van der Waals surface area contributed by atoms with Gasteiger partial charge in [0.05, 0.1) is 12.8 Å². The van der Waals surface area contributed by atoms with E-state index in [0.29, 0.717) is 23.2 Å². The van der Waals surface area contributed by atoms with Crippen LogP contribution in [0.25, 0.3) is 5.69 Å². The van der Waals surface area contributed by atoms with E-state index >= 15 is 0 Å². The molecule has 12 nitrogen and oxygen atoms in total. The van der Waals surface area contributed by atoms with Crippen LogP contribution in [0.2, 0.25) is 0 Å². The summed E-state index contributed by atoms with van der Waals surface area (Å²) in [5.74, 6) is 0.170. The number of ether oxygens (including phenoxy) is 1. The van der Waals surface area contributed by atoms with Crippen LogP contribution in [0.15, 0.2) is 29.2 Å². The molecular formula is C24H32FN9O3. The van der Waals surface area contributed by atoms with Crippen molar-refractivity contribution in [2.24, 2.45) is 7.05 Å². The van der Waals surface area contributed by atoms with Gasteiger partial charge in [0.2, 0.25) is 5.95 Å². The summed E-state index contributed by atoms with van der Waals surface area (Å²) in [4.78, 5) is 23.5. The van der Waals surface area contributed by atoms with Crippen LogP contribution in [0.3, 0.4) is 0 Å². The minimum absolute atomic E-state index is 0.0380. The maximum absolute atomic E-state index is 14.7. The Morgan fingerprint density at radius 3 is 2.89 bits per heavy atom. The van der Waals surface area contributed by atoms with Gasteiger partial charge in [0.25, 0.3) is 0 Å². The Morgan fingerprint density at radius 2 is 2.14 bits per heavy atom. The minimum atomic E-state index is -0.517. The summed E-state index contributed by atoms with van der Waals surface area (Å²) in [6.07, 6.45) is 5.34. The van der Waals surface area contributed by atoms with Crippen LogP contribution in [0.5, 0.6) is 5.75 Å². The van der Waals surface area contributed by atoms with Gasteiger partial charge in [-0.3, -0.25) is 4.90 Å². The second-order valence-corrected chi connectivity index (χ2v) is 10.1. The Balaban J connectivity index is 1.37. The van der Waals surface area contributed by atoms with Crippen molar-refractivity contribution in [2.75, 3.05) is 30.4 Å². The van der Waals surface area contributed by atoms with Gasteiger partial charge >= 0.3 is 5.69 Å². The minimum Gasteiger partial charge on any atom is -0.489 e. The molecule has 2 aliphatic rings. The third kappa shape index (κ3) is 5.14. The first-order valence-electron chi connectivity index (χ1n) is 12.4. The van der Waals surface area contributed by atoms with E-state index in [1.54, 1.807) is 18.2 Å². The van der Waals surface area contributed by atoms with Crippen molar-refractivity contribution < 1.29 is 14.2 Å². The van der Waals surface area contributed by atoms with Gasteiger partial charge in [-0.2, -0.15) is 14.3 Å². The predicted molar refractivity (Wildman–Crippen MR) is 135 cm³/mol. The van der Waals surface area contributed by atoms with Crippen LogP contribution in [-0.4, -0.2) is 77.1 Å². The molecule has 2 aliphatic heterocycles. The highest BCUT2D eigenvalue weighted by Crippen LogP contribution is 2.38. The highest BCUT2D eigenvalue weighted by molar-refractivity contribution is 5.62. The molecule has 2 aromatic heterocycles. The SMILES string of the molecule is Cn1nnn(-c2cc(Nc3ncc(F)c(NC4CC5CCCN5C(C)(C)C4)n3)ccc2OCCO)c1=O. The van der Waals surface area contributed by atoms with Crippen LogP contribution < -0.4 is 21.1 Å². The van der Waals surface area contributed by atoms with Crippen molar-refractivity contribution >= 4 is 17.5 Å². The average Bonchev–Trinajstić information content (AvgIpc) is 3.47. The van der Waals surface area contributed by atoms with Gasteiger partial charge in [0.1, 0.15) is 18.0 Å². The second-order valence-electron chi connectivity index (χ2n) is 10.1. The molecule has 5 rings (SSSR count). The molecule has 2 fully saturated rings. The number of piperidine rings is 1. The number of aliphatic hydroxyl groups is 1. The molecular weight excluding hydrogens is 481 g/mol. The van der Waals surface area contributed by atoms with Crippen molar-refractivity contribution in [1.29, 1.82) is 0 Å². The molecule has 2 atom stereocenters. The number of anilines is 3. The molecule has 198 valence electrons. The molecule has 13 heteroatoms. The summed E-state index contributed by atoms with van der Waals surface area (Å²) >= 11 is 0. The Kier molecular flexibility index (Phi) is 6.82. The van der Waals surface area contributed by atoms with Crippen molar-refractivity contribution in [2.45, 2.75) is 57.2 Å². The molecule has 37 heavy (non-hydrogen) atoms. The number of rotatable bonds is 8. The first-order chi connectivity index (χ1) is 17.7. The molecule has 2 unspecified atom stereocenters. The largest absolute Gasteiger partial charge is 0.489 e. The number of hydrogen-bond acceptors (Lipinski definition) is 10. The number of benzene rings is 1. The molecule has 0 amide bonds. The van der Waals surface area contributed by atoms with E-state index < -0.39 is 11.5 Å². The Hall–Kier alpha value is -3.58. The zero-order valence-corrected chi connectivity index (χ0v) is 21.2. The average molecular weight is 514 g/mol. The maximum atomic E-state index is 14.7. The summed E-state index contributed by atoms with van der Waals surface area (Å²) in [6.45, 7) is 5.46. The zero-order chi connectivity index (χ0) is 26.2. The lowest BCUT2D eigenvalue weighted by molar-refractivity contribution is 0.0500. The smallest absolute Gasteiger partial charge is 0.368 e. The lowest BCUT2D eigenvalue weighted by Crippen LogP contribution is -2.55. The third-order valence-electron chi connectivity index (χ3n) is 7.06. The van der Waals surface area contributed by atoms with E-state index in [4.69, 9.17) is 9.84 Å². The summed E-state index contributed by atoms with van der Waals surface area (Å²) in [6, 6.07) is 5.56. The van der Waals surface area contributed by atoms with Crippen molar-refractivity contribution in [1.82, 2.24) is 34.7 Å². The molecule has 4 heterocycles. The first kappa shape index (κ1) is 25.1. The van der Waals surface area contributed by atoms with Gasteiger partial charge in [-0.1, -0.05) is 0 Å². The summed E-state index contributed by atoms with van der Waals surface area (Å²) in [5, 5.41) is 23.2. The third-order valence-corrected chi connectivity index (χ3v) is 7.06. The molecule has 0 spiro atoms. The fourth-order valence-corrected chi connectivity index (χ4v) is 5.47. The first-order valence-corrected chi connectivity index (χ1v) is 12.4. The van der Waals surface area contributed by atoms with Gasteiger partial charge in [-0.05, 0) is 74.7 Å². The molecule has 0 bridgehead atoms. The number of nitrogens with one attached hydrogen (secondary N) is 2. The molecule has 3 N–H and O–H groups in total. The highest BCUT2D eigenvalue weighted by atomic mass is 19.1. The number of aryl methyl sites for hydroxylation is 1. The lowest BCUT2D eigenvalue weighted by Gasteiger charge is -2.47. The Morgan fingerprint density at radius 1 is 1.30 bits per heavy atom. The number of fused-ring (bicyclic) bond motifs is 1. The quantitative estimate of drug-likeness (QED) is 0.409. The molecule has 0 saturated carbocycles. The molecule has 2 saturated heterocycles. The summed E-state index contributed by atoms with van der Waals surface area (Å²) < 4.78 is 22.5. The number of tetrazole rings is 1. The Bertz CT molecular complexity index is 1330. The van der Waals surface area contributed by atoms with Gasteiger partial charge in [-0.25, -0.2) is 14.2 Å². The molecule has 1 aromatic carbocycles. The zero-order valence-electron chi connectivity index (χ0n) is 21.2. The summed E-state index contributed by atoms with van der Waals surface area (Å²) in [5.41, 5.74) is 0.423. The van der Waals surface area contributed by atoms with E-state index in [2.05, 4.69) is 49.8 Å². The lowest BCUT2D eigenvalue weighted by atomic mass is 9.84. The van der Waals surface area contributed by atoms with E-state index in [1.807, 2.05) is 0 Å². The van der Waals surface area contributed by atoms with E-state index in [-0.39, 0.29) is 36.6 Å². The van der Waals surface area contributed by atoms with Crippen LogP contribution in [0.1, 0.15) is 39.5 Å². The van der Waals surface area contributed by atoms with Gasteiger partial charge in [0, 0.05) is 30.4 Å². The standard InChI is InChI=1S/C24H32FN9O3/c1-24(2)13-16(11-17-5-4-8-33(17)24)27-21-18(25)14-26-22(29-21)28-15-6-7-20(37-10-9-35)19(12-15)34-23(36)32(3)30-31-34/h6-7,12,14,16-17,35H,4-5,8-11,13H2,1-3H3,(H2,26,27,28,29). The molecule has 0 aliphatic carbocycles. The van der Waals surface area contributed by atoms with Crippen LogP contribution >= 0.6 is 0 Å². The number of aromatic nitrogens is 6. The second kappa shape index (κ2) is 10.1. The van der Waals surface area contributed by atoms with Gasteiger partial charge in [-0.15, -0.1) is 0 Å². The van der Waals surface area contributed by atoms with Crippen molar-refractivity contribution in [3.05, 3.63) is 40.7 Å². The van der Waals surface area contributed by atoms with E-state index in [1.165, 1.54) is 13.5 Å². The molecule has 0 radical (unpaired) electrons. The normalized spacial score (nSPS) is 21.0. The molecule has 3 aromatic rings. The fourth-order valence-electron chi connectivity index (χ4n) is 5.47. The van der Waals surface area contributed by atoms with Crippen molar-refractivity contribution in [3.8, 4) is 11.4 Å². The van der Waals surface area contributed by atoms with Crippen LogP contribution in [0.4, 0.5) is 21.8 Å². The van der Waals surface area contributed by atoms with Crippen molar-refractivity contribution in [3.63, 3.8) is 0 Å². The highest BCUT2D eigenvalue weighted by Gasteiger charge is 2.43. The maximum Gasteiger partial charge on any atom is 0.368 e. The number of nitrogens with zero attached hydrogens (tertiary/aromatic N) is 7. The van der Waals surface area contributed by atoms with Crippen LogP contribution in [-0.2, 0) is 7.05 Å². The van der Waals surface area contributed by atoms with Gasteiger partial charge in [0.15, 0.2) is 11.6 Å². The Labute approximate surface area is 213 Å².